The van der Waals surface area contributed by atoms with Crippen molar-refractivity contribution in [2.75, 3.05) is 39.6 Å². The van der Waals surface area contributed by atoms with E-state index >= 15 is 0 Å². The number of nitrogens with zero attached hydrogens (tertiary/aromatic N) is 6. The summed E-state index contributed by atoms with van der Waals surface area (Å²) in [4.78, 5) is 35.6. The van der Waals surface area contributed by atoms with Crippen LogP contribution in [0.1, 0.15) is 30.6 Å². The monoisotopic (exact) mass is 593 g/mol. The molecule has 0 radical (unpaired) electrons. The average Bonchev–Trinajstić information content (AvgIpc) is 3.78. The highest BCUT2D eigenvalue weighted by atomic mass is 16.5. The van der Waals surface area contributed by atoms with Crippen LogP contribution in [-0.4, -0.2) is 71.6 Å². The van der Waals surface area contributed by atoms with Gasteiger partial charge in [0.05, 0.1) is 48.1 Å². The zero-order chi connectivity index (χ0) is 31.2. The van der Waals surface area contributed by atoms with Crippen molar-refractivity contribution in [2.45, 2.75) is 24.9 Å². The van der Waals surface area contributed by atoms with Crippen molar-refractivity contribution in [3.8, 4) is 22.9 Å². The Morgan fingerprint density at radius 2 is 2.02 bits per heavy atom. The van der Waals surface area contributed by atoms with Crippen molar-refractivity contribution in [3.05, 3.63) is 84.6 Å². The van der Waals surface area contributed by atoms with E-state index in [9.17, 15) is 14.9 Å². The molecule has 1 aliphatic heterocycles. The minimum absolute atomic E-state index is 0.00644. The number of amidine groups is 1. The Hall–Kier alpha value is -5.28. The summed E-state index contributed by atoms with van der Waals surface area (Å²) < 4.78 is 7.75. The van der Waals surface area contributed by atoms with Gasteiger partial charge in [-0.15, -0.1) is 0 Å². The molecule has 1 saturated heterocycles. The van der Waals surface area contributed by atoms with Gasteiger partial charge in [-0.2, -0.15) is 10.4 Å². The van der Waals surface area contributed by atoms with Crippen molar-refractivity contribution in [1.82, 2.24) is 30.3 Å². The van der Waals surface area contributed by atoms with Crippen LogP contribution >= 0.6 is 0 Å². The summed E-state index contributed by atoms with van der Waals surface area (Å²) in [5.41, 5.74) is 3.46. The molecule has 5 rings (SSSR count). The minimum atomic E-state index is -0.405. The maximum absolute atomic E-state index is 12.6. The third kappa shape index (κ3) is 6.53. The number of amides is 2. The standard InChI is InChI=1S/C32H35N9O3/c1-20(31(42)35-3)27(14-29(34-2)39-32(43)21-11-12-21)38-26-10-7-8-24(30(26)44-4)22-16-37-41(17-22)23-18-40(19-23)28(15-33)25-9-5-6-13-36-25/h5-10,13-14,16-17,21,23,28,38H,1,11-12,18-19H2,2-4H3,(H,35,42)(H,34,39,43)/b27-14+. The summed E-state index contributed by atoms with van der Waals surface area (Å²) in [6.45, 7) is 5.30. The van der Waals surface area contributed by atoms with Gasteiger partial charge in [-0.1, -0.05) is 24.8 Å². The third-order valence-corrected chi connectivity index (χ3v) is 7.67. The fraction of sp³-hybridized carbons (Fsp3) is 0.312. The Bertz CT molecular complexity index is 1640. The molecule has 44 heavy (non-hydrogen) atoms. The number of methoxy groups -OCH3 is 1. The third-order valence-electron chi connectivity index (χ3n) is 7.67. The van der Waals surface area contributed by atoms with Crippen LogP contribution < -0.4 is 20.7 Å². The Morgan fingerprint density at radius 3 is 2.66 bits per heavy atom. The lowest BCUT2D eigenvalue weighted by atomic mass is 10.0. The first-order valence-corrected chi connectivity index (χ1v) is 14.3. The molecule has 1 aliphatic carbocycles. The molecular formula is C32H35N9O3. The largest absolute Gasteiger partial charge is 0.494 e. The fourth-order valence-corrected chi connectivity index (χ4v) is 4.98. The van der Waals surface area contributed by atoms with Crippen molar-refractivity contribution >= 4 is 23.3 Å². The van der Waals surface area contributed by atoms with Gasteiger partial charge in [0.2, 0.25) is 5.91 Å². The molecular weight excluding hydrogens is 558 g/mol. The van der Waals surface area contributed by atoms with Gasteiger partial charge >= 0.3 is 0 Å². The number of carbonyl (C=O) groups excluding carboxylic acids is 2. The number of nitriles is 1. The van der Waals surface area contributed by atoms with Gasteiger partial charge in [-0.05, 0) is 31.0 Å². The second kappa shape index (κ2) is 13.4. The number of aliphatic imine (C=N–C) groups is 1. The molecule has 2 aliphatic rings. The number of hydrogen-bond donors (Lipinski definition) is 3. The Balaban J connectivity index is 1.36. The SMILES string of the molecule is C=C(C(=O)NC)/C(=C\C(=N/C)NC(=O)C1CC1)Nc1cccc(-c2cnn(C3CN(C(C#N)c4ccccn4)C3)c2)c1OC. The minimum Gasteiger partial charge on any atom is -0.494 e. The van der Waals surface area contributed by atoms with Crippen molar-refractivity contribution in [2.24, 2.45) is 10.9 Å². The number of anilines is 1. The summed E-state index contributed by atoms with van der Waals surface area (Å²) in [5.74, 6) is 0.350. The summed E-state index contributed by atoms with van der Waals surface area (Å²) in [6, 6.07) is 13.3. The fourth-order valence-electron chi connectivity index (χ4n) is 4.98. The number of carbonyl (C=O) groups is 2. The van der Waals surface area contributed by atoms with Crippen molar-refractivity contribution in [1.29, 1.82) is 5.26 Å². The van der Waals surface area contributed by atoms with Crippen LogP contribution in [0.25, 0.3) is 11.1 Å². The van der Waals surface area contributed by atoms with Gasteiger partial charge in [0, 0.05) is 62.7 Å². The predicted octanol–water partition coefficient (Wildman–Crippen LogP) is 3.23. The number of pyridine rings is 1. The number of aromatic nitrogens is 3. The van der Waals surface area contributed by atoms with E-state index in [0.717, 1.165) is 29.7 Å². The molecule has 2 aromatic heterocycles. The molecule has 3 N–H and O–H groups in total. The second-order valence-electron chi connectivity index (χ2n) is 10.6. The maximum Gasteiger partial charge on any atom is 0.252 e. The first kappa shape index (κ1) is 30.2. The molecule has 3 aromatic rings. The number of para-hydroxylation sites is 1. The van der Waals surface area contributed by atoms with Gasteiger partial charge in [-0.25, -0.2) is 0 Å². The van der Waals surface area contributed by atoms with E-state index in [0.29, 0.717) is 36.1 Å². The number of likely N-dealkylation sites (tertiary alicyclic amines) is 1. The number of likely N-dealkylation sites (N-methyl/N-ethyl adjacent to an activating group) is 1. The molecule has 3 heterocycles. The zero-order valence-corrected chi connectivity index (χ0v) is 24.9. The van der Waals surface area contributed by atoms with Crippen LogP contribution in [-0.2, 0) is 9.59 Å². The normalized spacial score (nSPS) is 16.3. The Morgan fingerprint density at radius 1 is 1.23 bits per heavy atom. The molecule has 12 heteroatoms. The smallest absolute Gasteiger partial charge is 0.252 e. The van der Waals surface area contributed by atoms with E-state index < -0.39 is 6.04 Å². The van der Waals surface area contributed by atoms with Gasteiger partial charge < -0.3 is 20.7 Å². The summed E-state index contributed by atoms with van der Waals surface area (Å²) in [5, 5.41) is 23.0. The van der Waals surface area contributed by atoms with Crippen LogP contribution in [0.4, 0.5) is 5.69 Å². The van der Waals surface area contributed by atoms with E-state index in [1.807, 2.05) is 47.3 Å². The number of rotatable bonds is 11. The van der Waals surface area contributed by atoms with Crippen LogP contribution in [0.3, 0.4) is 0 Å². The van der Waals surface area contributed by atoms with Crippen LogP contribution in [0.5, 0.6) is 5.75 Å². The molecule has 226 valence electrons. The second-order valence-corrected chi connectivity index (χ2v) is 10.6. The topological polar surface area (TPSA) is 150 Å². The summed E-state index contributed by atoms with van der Waals surface area (Å²) in [7, 11) is 4.66. The van der Waals surface area contributed by atoms with Crippen molar-refractivity contribution < 1.29 is 14.3 Å². The number of hydrogen-bond acceptors (Lipinski definition) is 9. The summed E-state index contributed by atoms with van der Waals surface area (Å²) in [6.07, 6.45) is 8.73. The lowest BCUT2D eigenvalue weighted by molar-refractivity contribution is -0.120. The molecule has 2 amide bonds. The lowest BCUT2D eigenvalue weighted by Gasteiger charge is -2.41. The van der Waals surface area contributed by atoms with Gasteiger partial charge in [-0.3, -0.25) is 29.1 Å². The van der Waals surface area contributed by atoms with E-state index in [4.69, 9.17) is 4.74 Å². The van der Waals surface area contributed by atoms with Gasteiger partial charge in [0.25, 0.3) is 5.91 Å². The molecule has 0 spiro atoms. The first-order valence-electron chi connectivity index (χ1n) is 14.3. The molecule has 1 saturated carbocycles. The molecule has 0 bridgehead atoms. The number of ether oxygens (including phenoxy) is 1. The first-order chi connectivity index (χ1) is 21.4. The maximum atomic E-state index is 12.6. The van der Waals surface area contributed by atoms with E-state index in [2.05, 4.69) is 48.6 Å². The zero-order valence-electron chi connectivity index (χ0n) is 24.9. The van der Waals surface area contributed by atoms with Crippen LogP contribution in [0.2, 0.25) is 0 Å². The van der Waals surface area contributed by atoms with Gasteiger partial charge in [0.15, 0.2) is 0 Å². The highest BCUT2D eigenvalue weighted by molar-refractivity contribution is 6.08. The highest BCUT2D eigenvalue weighted by Crippen LogP contribution is 2.38. The Labute approximate surface area is 256 Å². The van der Waals surface area contributed by atoms with E-state index in [1.165, 1.54) is 7.05 Å². The average molecular weight is 594 g/mol. The van der Waals surface area contributed by atoms with Crippen molar-refractivity contribution in [3.63, 3.8) is 0 Å². The highest BCUT2D eigenvalue weighted by Gasteiger charge is 2.35. The number of benzene rings is 1. The van der Waals surface area contributed by atoms with Crippen LogP contribution in [0, 0.1) is 17.2 Å². The van der Waals surface area contributed by atoms with Crippen LogP contribution in [0.15, 0.2) is 83.9 Å². The summed E-state index contributed by atoms with van der Waals surface area (Å²) >= 11 is 0. The van der Waals surface area contributed by atoms with Gasteiger partial charge in [0.1, 0.15) is 17.6 Å². The molecule has 1 atom stereocenters. The molecule has 1 aromatic carbocycles. The molecule has 12 nitrogen and oxygen atoms in total. The Kier molecular flexibility index (Phi) is 9.16. The number of nitrogens with one attached hydrogen (secondary N) is 3. The molecule has 2 fully saturated rings. The quantitative estimate of drug-likeness (QED) is 0.133. The lowest BCUT2D eigenvalue weighted by Crippen LogP contribution is -2.49. The van der Waals surface area contributed by atoms with E-state index in [1.54, 1.807) is 32.6 Å². The van der Waals surface area contributed by atoms with E-state index in [-0.39, 0.29) is 29.3 Å². The predicted molar refractivity (Wildman–Crippen MR) is 167 cm³/mol. The molecule has 1 unspecified atom stereocenters.